The number of aromatic nitrogens is 4. The first-order chi connectivity index (χ1) is 8.19. The molecule has 2 heterocycles. The summed E-state index contributed by atoms with van der Waals surface area (Å²) >= 11 is 5.56. The van der Waals surface area contributed by atoms with Gasteiger partial charge in [-0.25, -0.2) is 9.37 Å². The van der Waals surface area contributed by atoms with Gasteiger partial charge in [-0.05, 0) is 18.5 Å². The zero-order valence-electron chi connectivity index (χ0n) is 8.87. The van der Waals surface area contributed by atoms with Gasteiger partial charge in [-0.15, -0.1) is 5.10 Å². The van der Waals surface area contributed by atoms with E-state index in [4.69, 9.17) is 16.3 Å². The van der Waals surface area contributed by atoms with Gasteiger partial charge in [-0.2, -0.15) is 4.98 Å². The average Bonchev–Trinajstić information content (AvgIpc) is 2.72. The van der Waals surface area contributed by atoms with E-state index in [1.165, 1.54) is 0 Å². The number of hydrogen-bond acceptors (Lipinski definition) is 5. The summed E-state index contributed by atoms with van der Waals surface area (Å²) < 4.78 is 18.4. The third kappa shape index (κ3) is 2.82. The van der Waals surface area contributed by atoms with Crippen molar-refractivity contribution in [3.63, 3.8) is 0 Å². The van der Waals surface area contributed by atoms with Crippen molar-refractivity contribution in [2.24, 2.45) is 0 Å². The molecule has 2 N–H and O–H groups in total. The molecular weight excluding hydrogens is 249 g/mol. The first-order valence-electron chi connectivity index (χ1n) is 4.82. The Bertz CT molecular complexity index is 518. The van der Waals surface area contributed by atoms with Crippen LogP contribution in [0.5, 0.6) is 5.88 Å². The van der Waals surface area contributed by atoms with Crippen molar-refractivity contribution in [1.82, 2.24) is 20.2 Å². The molecular formula is C9H9ClFN5O. The Kier molecular flexibility index (Phi) is 3.38. The molecule has 2 rings (SSSR count). The van der Waals surface area contributed by atoms with Crippen LogP contribution < -0.4 is 10.1 Å². The van der Waals surface area contributed by atoms with E-state index in [9.17, 15) is 4.39 Å². The number of ether oxygens (including phenoxy) is 1. The van der Waals surface area contributed by atoms with Crippen LogP contribution in [0.15, 0.2) is 12.3 Å². The number of hydrogen-bond donors (Lipinski definition) is 2. The summed E-state index contributed by atoms with van der Waals surface area (Å²) in [5.74, 6) is 0.219. The van der Waals surface area contributed by atoms with Gasteiger partial charge in [0.2, 0.25) is 11.2 Å². The zero-order valence-corrected chi connectivity index (χ0v) is 9.62. The van der Waals surface area contributed by atoms with E-state index >= 15 is 0 Å². The van der Waals surface area contributed by atoms with Crippen molar-refractivity contribution in [3.8, 4) is 5.88 Å². The molecule has 0 spiro atoms. The van der Waals surface area contributed by atoms with Crippen LogP contribution in [0.3, 0.4) is 0 Å². The molecule has 0 unspecified atom stereocenters. The summed E-state index contributed by atoms with van der Waals surface area (Å²) in [4.78, 5) is 7.21. The number of nitrogens with zero attached hydrogens (tertiary/aromatic N) is 3. The van der Waals surface area contributed by atoms with Crippen molar-refractivity contribution in [2.45, 2.75) is 6.92 Å². The number of anilines is 2. The van der Waals surface area contributed by atoms with Crippen LogP contribution in [0, 0.1) is 5.82 Å². The van der Waals surface area contributed by atoms with E-state index in [0.717, 1.165) is 6.20 Å². The molecule has 8 heteroatoms. The van der Waals surface area contributed by atoms with Crippen molar-refractivity contribution < 1.29 is 9.13 Å². The molecule has 0 aromatic carbocycles. The van der Waals surface area contributed by atoms with E-state index in [1.807, 2.05) is 6.92 Å². The topological polar surface area (TPSA) is 75.7 Å². The van der Waals surface area contributed by atoms with E-state index in [1.54, 1.807) is 6.07 Å². The van der Waals surface area contributed by atoms with Crippen LogP contribution in [0.4, 0.5) is 16.0 Å². The van der Waals surface area contributed by atoms with Crippen LogP contribution in [-0.4, -0.2) is 26.8 Å². The molecule has 0 bridgehead atoms. The van der Waals surface area contributed by atoms with E-state index < -0.39 is 5.82 Å². The van der Waals surface area contributed by atoms with Gasteiger partial charge in [-0.3, -0.25) is 5.10 Å². The van der Waals surface area contributed by atoms with Gasteiger partial charge in [0.1, 0.15) is 5.82 Å². The second-order valence-electron chi connectivity index (χ2n) is 3.01. The van der Waals surface area contributed by atoms with Crippen molar-refractivity contribution in [3.05, 3.63) is 23.4 Å². The van der Waals surface area contributed by atoms with Gasteiger partial charge < -0.3 is 10.1 Å². The Labute approximate surface area is 101 Å². The molecule has 0 fully saturated rings. The maximum atomic E-state index is 13.3. The number of aromatic amines is 1. The second kappa shape index (κ2) is 4.96. The van der Waals surface area contributed by atoms with Gasteiger partial charge in [0.15, 0.2) is 11.6 Å². The molecule has 0 amide bonds. The Morgan fingerprint density at radius 2 is 2.41 bits per heavy atom. The van der Waals surface area contributed by atoms with Gasteiger partial charge in [0.05, 0.1) is 12.8 Å². The quantitative estimate of drug-likeness (QED) is 0.821. The lowest BCUT2D eigenvalue weighted by Crippen LogP contribution is -1.98. The fraction of sp³-hybridized carbons (Fsp3) is 0.222. The van der Waals surface area contributed by atoms with Crippen LogP contribution in [0.25, 0.3) is 0 Å². The zero-order chi connectivity index (χ0) is 12.3. The first kappa shape index (κ1) is 11.6. The maximum Gasteiger partial charge on any atom is 0.234 e. The molecule has 0 aliphatic rings. The van der Waals surface area contributed by atoms with Crippen LogP contribution >= 0.6 is 11.6 Å². The molecule has 90 valence electrons. The minimum Gasteiger partial charge on any atom is -0.477 e. The van der Waals surface area contributed by atoms with E-state index in [0.29, 0.717) is 18.3 Å². The second-order valence-corrected chi connectivity index (χ2v) is 3.35. The summed E-state index contributed by atoms with van der Waals surface area (Å²) in [6, 6.07) is 1.58. The summed E-state index contributed by atoms with van der Waals surface area (Å²) in [7, 11) is 0. The number of nitrogens with one attached hydrogen (secondary N) is 2. The van der Waals surface area contributed by atoms with Gasteiger partial charge in [0.25, 0.3) is 0 Å². The van der Waals surface area contributed by atoms with Crippen molar-refractivity contribution >= 4 is 23.2 Å². The molecule has 2 aromatic rings. The Morgan fingerprint density at radius 1 is 1.59 bits per heavy atom. The highest BCUT2D eigenvalue weighted by molar-refractivity contribution is 6.28. The Morgan fingerprint density at radius 3 is 3.18 bits per heavy atom. The highest BCUT2D eigenvalue weighted by Crippen LogP contribution is 2.19. The minimum atomic E-state index is -0.609. The molecule has 17 heavy (non-hydrogen) atoms. The van der Waals surface area contributed by atoms with Gasteiger partial charge in [0, 0.05) is 6.07 Å². The number of rotatable bonds is 4. The standard InChI is InChI=1S/C9H9ClFN5O/c1-2-17-7-3-6(15-16-7)13-8-5(11)4-12-9(10)14-8/h3-4H,2H2,1H3,(H2,12,13,14,15,16). The van der Waals surface area contributed by atoms with Crippen LogP contribution in [-0.2, 0) is 0 Å². The maximum absolute atomic E-state index is 13.3. The normalized spacial score (nSPS) is 10.3. The SMILES string of the molecule is CCOc1cc(Nc2nc(Cl)ncc2F)[nH]n1. The summed E-state index contributed by atoms with van der Waals surface area (Å²) in [5.41, 5.74) is 0. The van der Waals surface area contributed by atoms with Crippen LogP contribution in [0.2, 0.25) is 5.28 Å². The summed E-state index contributed by atoms with van der Waals surface area (Å²) in [6.07, 6.45) is 0.984. The average molecular weight is 258 g/mol. The third-order valence-corrected chi connectivity index (χ3v) is 2.00. The van der Waals surface area contributed by atoms with Crippen molar-refractivity contribution in [1.29, 1.82) is 0 Å². The number of H-pyrrole nitrogens is 1. The Hall–Kier alpha value is -1.89. The van der Waals surface area contributed by atoms with Crippen molar-refractivity contribution in [2.75, 3.05) is 11.9 Å². The van der Waals surface area contributed by atoms with Crippen LogP contribution in [0.1, 0.15) is 6.92 Å². The molecule has 0 saturated heterocycles. The highest BCUT2D eigenvalue weighted by Gasteiger charge is 2.08. The molecule has 0 aliphatic carbocycles. The first-order valence-corrected chi connectivity index (χ1v) is 5.20. The lowest BCUT2D eigenvalue weighted by molar-refractivity contribution is 0.326. The molecule has 0 atom stereocenters. The molecule has 6 nitrogen and oxygen atoms in total. The lowest BCUT2D eigenvalue weighted by atomic mass is 10.5. The molecule has 0 radical (unpaired) electrons. The minimum absolute atomic E-state index is 0.0308. The Balaban J connectivity index is 2.16. The highest BCUT2D eigenvalue weighted by atomic mass is 35.5. The molecule has 0 aliphatic heterocycles. The lowest BCUT2D eigenvalue weighted by Gasteiger charge is -2.02. The largest absolute Gasteiger partial charge is 0.477 e. The fourth-order valence-electron chi connectivity index (χ4n) is 1.15. The van der Waals surface area contributed by atoms with E-state index in [2.05, 4.69) is 25.5 Å². The smallest absolute Gasteiger partial charge is 0.234 e. The monoisotopic (exact) mass is 257 g/mol. The van der Waals surface area contributed by atoms with Gasteiger partial charge in [-0.1, -0.05) is 0 Å². The van der Waals surface area contributed by atoms with E-state index in [-0.39, 0.29) is 11.1 Å². The third-order valence-electron chi connectivity index (χ3n) is 1.81. The molecule has 2 aromatic heterocycles. The summed E-state index contributed by atoms with van der Waals surface area (Å²) in [6.45, 7) is 2.34. The number of halogens is 2. The molecule has 0 saturated carbocycles. The predicted molar refractivity (Wildman–Crippen MR) is 60.0 cm³/mol. The van der Waals surface area contributed by atoms with Gasteiger partial charge >= 0.3 is 0 Å². The fourth-order valence-corrected chi connectivity index (χ4v) is 1.28. The summed E-state index contributed by atoms with van der Waals surface area (Å²) in [5, 5.41) is 9.12. The predicted octanol–water partition coefficient (Wildman–Crippen LogP) is 2.13.